The molecule has 0 spiro atoms. The van der Waals surface area contributed by atoms with Crippen LogP contribution >= 0.6 is 11.6 Å². The molecular formula is C13H18ClFN2O3S. The number of benzene rings is 1. The summed E-state index contributed by atoms with van der Waals surface area (Å²) in [6.07, 6.45) is 0. The molecule has 118 valence electrons. The van der Waals surface area contributed by atoms with E-state index in [4.69, 9.17) is 16.3 Å². The predicted octanol–water partition coefficient (Wildman–Crippen LogP) is 1.61. The Balaban J connectivity index is 2.36. The Morgan fingerprint density at radius 1 is 1.38 bits per heavy atom. The second-order valence-corrected chi connectivity index (χ2v) is 6.99. The summed E-state index contributed by atoms with van der Waals surface area (Å²) in [7, 11) is -3.72. The summed E-state index contributed by atoms with van der Waals surface area (Å²) < 4.78 is 45.4. The van der Waals surface area contributed by atoms with Gasteiger partial charge in [0.25, 0.3) is 0 Å². The Morgan fingerprint density at radius 3 is 2.67 bits per heavy atom. The minimum Gasteiger partial charge on any atom is -0.379 e. The highest BCUT2D eigenvalue weighted by atomic mass is 35.5. The van der Waals surface area contributed by atoms with Gasteiger partial charge in [0.15, 0.2) is 0 Å². The minimum atomic E-state index is -3.72. The monoisotopic (exact) mass is 336 g/mol. The zero-order valence-electron chi connectivity index (χ0n) is 11.7. The van der Waals surface area contributed by atoms with Crippen molar-refractivity contribution in [3.8, 4) is 0 Å². The summed E-state index contributed by atoms with van der Waals surface area (Å²) in [5, 5.41) is 2.97. The van der Waals surface area contributed by atoms with Crippen LogP contribution in [0.25, 0.3) is 0 Å². The van der Waals surface area contributed by atoms with E-state index in [2.05, 4.69) is 5.32 Å². The fourth-order valence-electron chi connectivity index (χ4n) is 2.09. The van der Waals surface area contributed by atoms with E-state index in [9.17, 15) is 12.8 Å². The molecule has 1 aromatic carbocycles. The number of halogens is 2. The van der Waals surface area contributed by atoms with Crippen molar-refractivity contribution in [3.63, 3.8) is 0 Å². The van der Waals surface area contributed by atoms with Gasteiger partial charge in [-0.15, -0.1) is 0 Å². The average molecular weight is 337 g/mol. The lowest BCUT2D eigenvalue weighted by molar-refractivity contribution is 0.0730. The van der Waals surface area contributed by atoms with Crippen LogP contribution < -0.4 is 5.32 Å². The van der Waals surface area contributed by atoms with E-state index in [0.29, 0.717) is 31.9 Å². The zero-order chi connectivity index (χ0) is 15.5. The van der Waals surface area contributed by atoms with E-state index in [1.807, 2.05) is 6.92 Å². The first-order valence-corrected chi connectivity index (χ1v) is 8.55. The van der Waals surface area contributed by atoms with Crippen LogP contribution in [-0.2, 0) is 21.3 Å². The lowest BCUT2D eigenvalue weighted by Crippen LogP contribution is -2.40. The maximum absolute atomic E-state index is 13.9. The van der Waals surface area contributed by atoms with Gasteiger partial charge in [-0.25, -0.2) is 12.8 Å². The van der Waals surface area contributed by atoms with E-state index < -0.39 is 15.8 Å². The Bertz CT molecular complexity index is 604. The van der Waals surface area contributed by atoms with Gasteiger partial charge in [0.05, 0.1) is 23.1 Å². The molecular weight excluding hydrogens is 319 g/mol. The number of hydrogen-bond donors (Lipinski definition) is 1. The van der Waals surface area contributed by atoms with Crippen molar-refractivity contribution in [1.29, 1.82) is 0 Å². The molecule has 1 saturated heterocycles. The van der Waals surface area contributed by atoms with Gasteiger partial charge in [-0.05, 0) is 24.2 Å². The number of ether oxygens (including phenoxy) is 1. The lowest BCUT2D eigenvalue weighted by atomic mass is 10.2. The quantitative estimate of drug-likeness (QED) is 0.887. The average Bonchev–Trinajstić information content (AvgIpc) is 2.49. The van der Waals surface area contributed by atoms with Gasteiger partial charge in [0.1, 0.15) is 5.82 Å². The number of morpholine rings is 1. The molecule has 21 heavy (non-hydrogen) atoms. The van der Waals surface area contributed by atoms with Gasteiger partial charge in [-0.3, -0.25) is 0 Å². The standard InChI is InChI=1S/C13H18ClFN2O3S/c1-2-16-9-10-7-11(8-12(15)13(10)14)21(18,19)17-3-5-20-6-4-17/h7-8,16H,2-6,9H2,1H3. The maximum Gasteiger partial charge on any atom is 0.243 e. The van der Waals surface area contributed by atoms with E-state index in [-0.39, 0.29) is 23.0 Å². The predicted molar refractivity (Wildman–Crippen MR) is 78.4 cm³/mol. The van der Waals surface area contributed by atoms with Gasteiger partial charge in [-0.2, -0.15) is 4.31 Å². The zero-order valence-corrected chi connectivity index (χ0v) is 13.3. The molecule has 1 N–H and O–H groups in total. The van der Waals surface area contributed by atoms with Crippen molar-refractivity contribution in [1.82, 2.24) is 9.62 Å². The Labute approximate surface area is 129 Å². The number of rotatable bonds is 5. The SMILES string of the molecule is CCNCc1cc(S(=O)(=O)N2CCOCC2)cc(F)c1Cl. The third-order valence-corrected chi connectivity index (χ3v) is 5.55. The summed E-state index contributed by atoms with van der Waals surface area (Å²) >= 11 is 5.89. The van der Waals surface area contributed by atoms with Crippen molar-refractivity contribution in [3.05, 3.63) is 28.5 Å². The fourth-order valence-corrected chi connectivity index (χ4v) is 3.74. The van der Waals surface area contributed by atoms with Crippen LogP contribution in [0.1, 0.15) is 12.5 Å². The molecule has 1 heterocycles. The summed E-state index contributed by atoms with van der Waals surface area (Å²) in [5.41, 5.74) is 0.436. The first-order valence-electron chi connectivity index (χ1n) is 6.73. The molecule has 1 aliphatic heterocycles. The molecule has 0 radical (unpaired) electrons. The first kappa shape index (κ1) is 16.6. The molecule has 2 rings (SSSR count). The Kier molecular flexibility index (Phi) is 5.56. The van der Waals surface area contributed by atoms with E-state index in [1.165, 1.54) is 10.4 Å². The number of sulfonamides is 1. The van der Waals surface area contributed by atoms with Gasteiger partial charge in [0, 0.05) is 19.6 Å². The van der Waals surface area contributed by atoms with E-state index in [0.717, 1.165) is 6.07 Å². The van der Waals surface area contributed by atoms with Crippen LogP contribution in [0.4, 0.5) is 4.39 Å². The minimum absolute atomic E-state index is 0.0446. The van der Waals surface area contributed by atoms with Crippen LogP contribution in [0.2, 0.25) is 5.02 Å². The molecule has 0 aliphatic carbocycles. The van der Waals surface area contributed by atoms with Crippen LogP contribution in [-0.4, -0.2) is 45.6 Å². The summed E-state index contributed by atoms with van der Waals surface area (Å²) in [6, 6.07) is 2.40. The lowest BCUT2D eigenvalue weighted by Gasteiger charge is -2.26. The second-order valence-electron chi connectivity index (χ2n) is 4.67. The smallest absolute Gasteiger partial charge is 0.243 e. The van der Waals surface area contributed by atoms with Crippen molar-refractivity contribution in [2.24, 2.45) is 0 Å². The molecule has 1 aromatic rings. The van der Waals surface area contributed by atoms with Gasteiger partial charge >= 0.3 is 0 Å². The van der Waals surface area contributed by atoms with Gasteiger partial charge in [0.2, 0.25) is 10.0 Å². The highest BCUT2D eigenvalue weighted by Gasteiger charge is 2.27. The largest absolute Gasteiger partial charge is 0.379 e. The number of nitrogens with one attached hydrogen (secondary N) is 1. The van der Waals surface area contributed by atoms with E-state index in [1.54, 1.807) is 0 Å². The normalized spacial score (nSPS) is 17.1. The second kappa shape index (κ2) is 7.02. The Morgan fingerprint density at radius 2 is 2.05 bits per heavy atom. The highest BCUT2D eigenvalue weighted by Crippen LogP contribution is 2.26. The molecule has 0 atom stereocenters. The number of hydrogen-bond acceptors (Lipinski definition) is 4. The molecule has 1 aliphatic rings. The summed E-state index contributed by atoms with van der Waals surface area (Å²) in [4.78, 5) is -0.0702. The molecule has 5 nitrogen and oxygen atoms in total. The van der Waals surface area contributed by atoms with Crippen LogP contribution in [0.15, 0.2) is 17.0 Å². The summed E-state index contributed by atoms with van der Waals surface area (Å²) in [5.74, 6) is -0.723. The topological polar surface area (TPSA) is 58.6 Å². The third kappa shape index (κ3) is 3.73. The van der Waals surface area contributed by atoms with Crippen molar-refractivity contribution < 1.29 is 17.5 Å². The molecule has 8 heteroatoms. The molecule has 0 saturated carbocycles. The first-order chi connectivity index (χ1) is 9.96. The maximum atomic E-state index is 13.9. The fraction of sp³-hybridized carbons (Fsp3) is 0.538. The van der Waals surface area contributed by atoms with E-state index >= 15 is 0 Å². The van der Waals surface area contributed by atoms with Crippen LogP contribution in [0, 0.1) is 5.82 Å². The van der Waals surface area contributed by atoms with Crippen molar-refractivity contribution in [2.75, 3.05) is 32.8 Å². The molecule has 1 fully saturated rings. The molecule has 0 unspecified atom stereocenters. The van der Waals surface area contributed by atoms with Crippen LogP contribution in [0.3, 0.4) is 0 Å². The molecule has 0 aromatic heterocycles. The highest BCUT2D eigenvalue weighted by molar-refractivity contribution is 7.89. The van der Waals surface area contributed by atoms with Gasteiger partial charge < -0.3 is 10.1 Å². The van der Waals surface area contributed by atoms with Crippen molar-refractivity contribution >= 4 is 21.6 Å². The number of nitrogens with zero attached hydrogens (tertiary/aromatic N) is 1. The van der Waals surface area contributed by atoms with Crippen LogP contribution in [0.5, 0.6) is 0 Å². The van der Waals surface area contributed by atoms with Gasteiger partial charge in [-0.1, -0.05) is 18.5 Å². The van der Waals surface area contributed by atoms with Crippen molar-refractivity contribution in [2.45, 2.75) is 18.4 Å². The molecule has 0 amide bonds. The molecule has 0 bridgehead atoms. The summed E-state index contributed by atoms with van der Waals surface area (Å²) in [6.45, 7) is 4.14. The third-order valence-electron chi connectivity index (χ3n) is 3.25. The Hall–Kier alpha value is -0.730.